The van der Waals surface area contributed by atoms with Crippen molar-refractivity contribution in [3.05, 3.63) is 54.1 Å². The molecule has 2 rings (SSSR count). The van der Waals surface area contributed by atoms with Gasteiger partial charge in [-0.1, -0.05) is 36.4 Å². The molecule has 5 heteroatoms. The second-order valence-electron chi connectivity index (χ2n) is 4.51. The maximum absolute atomic E-state index is 11.7. The van der Waals surface area contributed by atoms with Gasteiger partial charge in [0, 0.05) is 0 Å². The molecule has 0 heterocycles. The Labute approximate surface area is 129 Å². The lowest BCUT2D eigenvalue weighted by molar-refractivity contribution is -0.119. The normalized spacial score (nSPS) is 10.0. The molecule has 21 heavy (non-hydrogen) atoms. The number of carbonyl (C=O) groups is 1. The largest absolute Gasteiger partial charge is 0.497 e. The van der Waals surface area contributed by atoms with Crippen molar-refractivity contribution in [1.82, 2.24) is 5.32 Å². The molecule has 0 spiro atoms. The molecule has 4 nitrogen and oxygen atoms in total. The zero-order valence-electron chi connectivity index (χ0n) is 11.6. The smallest absolute Gasteiger partial charge is 0.230 e. The summed E-state index contributed by atoms with van der Waals surface area (Å²) in [5.74, 6) is 0.539. The third-order valence-electron chi connectivity index (χ3n) is 2.95. The number of rotatable bonds is 4. The molecular weight excluding hydrogens is 284 g/mol. The number of hydrogen-bond acceptors (Lipinski definition) is 3. The SMILES string of the molecule is COc1cccc(-c2cccc(CC(=O)NC(=N)S)c2)c1. The predicted octanol–water partition coefficient (Wildman–Crippen LogP) is 2.89. The molecule has 0 fully saturated rings. The minimum atomic E-state index is -0.252. The molecule has 2 aromatic carbocycles. The lowest BCUT2D eigenvalue weighted by Crippen LogP contribution is -2.27. The molecule has 0 saturated carbocycles. The van der Waals surface area contributed by atoms with E-state index in [1.165, 1.54) is 0 Å². The van der Waals surface area contributed by atoms with Crippen LogP contribution in [0.4, 0.5) is 0 Å². The van der Waals surface area contributed by atoms with Crippen LogP contribution in [-0.2, 0) is 11.2 Å². The number of ether oxygens (including phenoxy) is 1. The van der Waals surface area contributed by atoms with Crippen LogP contribution in [0, 0.1) is 5.41 Å². The van der Waals surface area contributed by atoms with Crippen LogP contribution in [0.25, 0.3) is 11.1 Å². The molecule has 0 aromatic heterocycles. The Morgan fingerprint density at radius 3 is 2.52 bits per heavy atom. The molecule has 0 saturated heterocycles. The highest BCUT2D eigenvalue weighted by Crippen LogP contribution is 2.24. The molecule has 108 valence electrons. The molecule has 2 N–H and O–H groups in total. The van der Waals surface area contributed by atoms with Gasteiger partial charge in [0.25, 0.3) is 0 Å². The quantitative estimate of drug-likeness (QED) is 0.462. The fourth-order valence-corrected chi connectivity index (χ4v) is 2.15. The topological polar surface area (TPSA) is 62.2 Å². The standard InChI is InChI=1S/C16H16N2O2S/c1-20-14-7-3-6-13(10-14)12-5-2-4-11(8-12)9-15(19)18-16(17)21/h2-8,10H,9H2,1H3,(H3,17,18,19,21). The highest BCUT2D eigenvalue weighted by Gasteiger charge is 2.06. The van der Waals surface area contributed by atoms with E-state index in [0.717, 1.165) is 22.4 Å². The van der Waals surface area contributed by atoms with E-state index in [4.69, 9.17) is 10.1 Å². The van der Waals surface area contributed by atoms with Crippen LogP contribution >= 0.6 is 12.6 Å². The Morgan fingerprint density at radius 1 is 1.19 bits per heavy atom. The van der Waals surface area contributed by atoms with Crippen molar-refractivity contribution in [1.29, 1.82) is 5.41 Å². The van der Waals surface area contributed by atoms with Gasteiger partial charge in [0.2, 0.25) is 5.91 Å². The maximum Gasteiger partial charge on any atom is 0.230 e. The van der Waals surface area contributed by atoms with Crippen molar-refractivity contribution in [2.45, 2.75) is 6.42 Å². The lowest BCUT2D eigenvalue weighted by atomic mass is 10.0. The highest BCUT2D eigenvalue weighted by atomic mass is 32.1. The molecule has 1 amide bonds. The molecule has 0 bridgehead atoms. The van der Waals surface area contributed by atoms with E-state index in [1.807, 2.05) is 48.5 Å². The minimum absolute atomic E-state index is 0.149. The van der Waals surface area contributed by atoms with Crippen molar-refractivity contribution in [3.63, 3.8) is 0 Å². The fraction of sp³-hybridized carbons (Fsp3) is 0.125. The van der Waals surface area contributed by atoms with Gasteiger partial charge in [0.1, 0.15) is 5.75 Å². The van der Waals surface area contributed by atoms with Crippen LogP contribution in [0.3, 0.4) is 0 Å². The molecule has 0 aliphatic carbocycles. The first kappa shape index (κ1) is 15.1. The number of thiol groups is 1. The van der Waals surface area contributed by atoms with Crippen LogP contribution in [0.2, 0.25) is 0 Å². The second-order valence-corrected chi connectivity index (χ2v) is 4.95. The molecule has 0 atom stereocenters. The summed E-state index contributed by atoms with van der Waals surface area (Å²) in [5.41, 5.74) is 2.92. The van der Waals surface area contributed by atoms with Crippen LogP contribution < -0.4 is 10.1 Å². The number of amides is 1. The Kier molecular flexibility index (Phi) is 5.00. The fourth-order valence-electron chi connectivity index (χ4n) is 2.03. The van der Waals surface area contributed by atoms with Crippen molar-refractivity contribution >= 4 is 23.7 Å². The van der Waals surface area contributed by atoms with Crippen LogP contribution in [0.5, 0.6) is 5.75 Å². The summed E-state index contributed by atoms with van der Waals surface area (Å²) in [6.45, 7) is 0. The Balaban J connectivity index is 2.20. The van der Waals surface area contributed by atoms with E-state index in [0.29, 0.717) is 0 Å². The van der Waals surface area contributed by atoms with Gasteiger partial charge in [0.15, 0.2) is 5.17 Å². The molecule has 0 unspecified atom stereocenters. The average molecular weight is 300 g/mol. The molecule has 0 radical (unpaired) electrons. The highest BCUT2D eigenvalue weighted by molar-refractivity contribution is 7.96. The van der Waals surface area contributed by atoms with Crippen LogP contribution in [0.15, 0.2) is 48.5 Å². The number of amidine groups is 1. The van der Waals surface area contributed by atoms with Crippen LogP contribution in [0.1, 0.15) is 5.56 Å². The number of nitrogens with one attached hydrogen (secondary N) is 2. The summed E-state index contributed by atoms with van der Waals surface area (Å²) in [6, 6.07) is 15.5. The summed E-state index contributed by atoms with van der Waals surface area (Å²) < 4.78 is 5.22. The summed E-state index contributed by atoms with van der Waals surface area (Å²) in [6.07, 6.45) is 0.209. The van der Waals surface area contributed by atoms with Gasteiger partial charge in [-0.05, 0) is 28.8 Å². The summed E-state index contributed by atoms with van der Waals surface area (Å²) in [4.78, 5) is 11.7. The first-order chi connectivity index (χ1) is 10.1. The molecular formula is C16H16N2O2S. The van der Waals surface area contributed by atoms with E-state index >= 15 is 0 Å². The van der Waals surface area contributed by atoms with Crippen molar-refractivity contribution in [2.24, 2.45) is 0 Å². The van der Waals surface area contributed by atoms with E-state index < -0.39 is 0 Å². The first-order valence-corrected chi connectivity index (χ1v) is 6.84. The zero-order valence-corrected chi connectivity index (χ0v) is 12.5. The molecule has 0 aliphatic heterocycles. The minimum Gasteiger partial charge on any atom is -0.497 e. The van der Waals surface area contributed by atoms with Gasteiger partial charge >= 0.3 is 0 Å². The van der Waals surface area contributed by atoms with Gasteiger partial charge in [-0.3, -0.25) is 10.2 Å². The number of carbonyl (C=O) groups excluding carboxylic acids is 1. The second kappa shape index (κ2) is 6.95. The van der Waals surface area contributed by atoms with E-state index in [9.17, 15) is 4.79 Å². The van der Waals surface area contributed by atoms with Gasteiger partial charge in [-0.15, -0.1) is 12.6 Å². The molecule has 0 aliphatic rings. The Hall–Kier alpha value is -2.27. The number of benzene rings is 2. The third-order valence-corrected chi connectivity index (χ3v) is 3.06. The van der Waals surface area contributed by atoms with E-state index in [2.05, 4.69) is 17.9 Å². The average Bonchev–Trinajstić information content (AvgIpc) is 2.46. The zero-order chi connectivity index (χ0) is 15.2. The Morgan fingerprint density at radius 2 is 1.86 bits per heavy atom. The number of methoxy groups -OCH3 is 1. The number of hydrogen-bond donors (Lipinski definition) is 3. The lowest BCUT2D eigenvalue weighted by Gasteiger charge is -2.07. The predicted molar refractivity (Wildman–Crippen MR) is 87.0 cm³/mol. The molecule has 2 aromatic rings. The van der Waals surface area contributed by atoms with Crippen molar-refractivity contribution < 1.29 is 9.53 Å². The van der Waals surface area contributed by atoms with Crippen molar-refractivity contribution in [2.75, 3.05) is 7.11 Å². The van der Waals surface area contributed by atoms with E-state index in [1.54, 1.807) is 7.11 Å². The van der Waals surface area contributed by atoms with E-state index in [-0.39, 0.29) is 17.5 Å². The summed E-state index contributed by atoms with van der Waals surface area (Å²) >= 11 is 3.74. The monoisotopic (exact) mass is 300 g/mol. The van der Waals surface area contributed by atoms with Crippen LogP contribution in [-0.4, -0.2) is 18.2 Å². The van der Waals surface area contributed by atoms with Gasteiger partial charge in [-0.25, -0.2) is 0 Å². The summed E-state index contributed by atoms with van der Waals surface area (Å²) in [5, 5.41) is 9.34. The first-order valence-electron chi connectivity index (χ1n) is 6.39. The third kappa shape index (κ3) is 4.36. The maximum atomic E-state index is 11.7. The van der Waals surface area contributed by atoms with Crippen molar-refractivity contribution in [3.8, 4) is 16.9 Å². The van der Waals surface area contributed by atoms with Gasteiger partial charge < -0.3 is 10.1 Å². The van der Waals surface area contributed by atoms with Gasteiger partial charge in [0.05, 0.1) is 13.5 Å². The summed E-state index contributed by atoms with van der Waals surface area (Å²) in [7, 11) is 1.63. The Bertz CT molecular complexity index is 671. The van der Waals surface area contributed by atoms with Gasteiger partial charge in [-0.2, -0.15) is 0 Å².